The minimum Gasteiger partial charge on any atom is -0.292 e. The maximum absolute atomic E-state index is 10.4. The van der Waals surface area contributed by atoms with Crippen molar-refractivity contribution >= 4 is 40.6 Å². The number of carbonyl (C=O) groups excluding carboxylic acids is 1. The highest BCUT2D eigenvalue weighted by Crippen LogP contribution is 2.10. The number of carbonyl (C=O) groups is 1. The van der Waals surface area contributed by atoms with Crippen LogP contribution >= 0.6 is 11.9 Å². The fourth-order valence-corrected chi connectivity index (χ4v) is 1.73. The second kappa shape index (κ2) is 5.08. The van der Waals surface area contributed by atoms with Crippen molar-refractivity contribution in [2.24, 2.45) is 8.80 Å². The summed E-state index contributed by atoms with van der Waals surface area (Å²) in [4.78, 5) is 10.4. The van der Waals surface area contributed by atoms with E-state index in [2.05, 4.69) is 8.80 Å². The van der Waals surface area contributed by atoms with Crippen LogP contribution < -0.4 is 0 Å². The van der Waals surface area contributed by atoms with Gasteiger partial charge in [-0.2, -0.15) is 4.40 Å². The molecule has 1 unspecified atom stereocenters. The van der Waals surface area contributed by atoms with E-state index in [9.17, 15) is 9.00 Å². The van der Waals surface area contributed by atoms with E-state index in [1.165, 1.54) is 23.6 Å². The normalized spacial score (nSPS) is 24.2. The van der Waals surface area contributed by atoms with E-state index in [4.69, 9.17) is 0 Å². The Kier molecular flexibility index (Phi) is 4.04. The van der Waals surface area contributed by atoms with Gasteiger partial charge in [-0.15, -0.1) is 0 Å². The van der Waals surface area contributed by atoms with Gasteiger partial charge in [0.15, 0.2) is 16.8 Å². The Morgan fingerprint density at radius 2 is 2.38 bits per heavy atom. The topological polar surface area (TPSA) is 58.9 Å². The zero-order valence-electron chi connectivity index (χ0n) is 6.97. The molecular formula is C7H8N2O2S2. The highest BCUT2D eigenvalue weighted by atomic mass is 32.2. The van der Waals surface area contributed by atoms with E-state index in [1.54, 1.807) is 13.0 Å². The molecule has 0 saturated carbocycles. The van der Waals surface area contributed by atoms with Crippen LogP contribution in [-0.4, -0.2) is 27.7 Å². The molecule has 2 rings (SSSR count). The lowest BCUT2D eigenvalue weighted by molar-refractivity contribution is -0.110. The third-order valence-corrected chi connectivity index (χ3v) is 2.76. The molecule has 0 aromatic rings. The molecule has 70 valence electrons. The third-order valence-electron chi connectivity index (χ3n) is 1.25. The minimum absolute atomic E-state index is 0.171. The van der Waals surface area contributed by atoms with Crippen LogP contribution in [0.25, 0.3) is 0 Å². The number of hydrogen-bond acceptors (Lipinski definition) is 4. The molecule has 0 radical (unpaired) electrons. The average molecular weight is 216 g/mol. The predicted molar refractivity (Wildman–Crippen MR) is 56.3 cm³/mol. The molecule has 0 aromatic heterocycles. The van der Waals surface area contributed by atoms with Crippen molar-refractivity contribution in [3.63, 3.8) is 0 Å². The summed E-state index contributed by atoms with van der Waals surface area (Å²) in [7, 11) is -1.03. The van der Waals surface area contributed by atoms with Crippen molar-refractivity contribution < 1.29 is 9.00 Å². The number of allylic oxidation sites excluding steroid dienone is 1. The number of ketones is 1. The lowest BCUT2D eigenvalue weighted by Crippen LogP contribution is -2.04. The average Bonchev–Trinajstić information content (AvgIpc) is 2.67. The van der Waals surface area contributed by atoms with Crippen molar-refractivity contribution in [2.75, 3.05) is 5.75 Å². The monoisotopic (exact) mass is 216 g/mol. The van der Waals surface area contributed by atoms with Crippen LogP contribution in [0.4, 0.5) is 0 Å². The molecule has 1 atom stereocenters. The van der Waals surface area contributed by atoms with Crippen LogP contribution in [0.5, 0.6) is 0 Å². The van der Waals surface area contributed by atoms with Gasteiger partial charge in [0.05, 0.1) is 11.5 Å². The van der Waals surface area contributed by atoms with Crippen LogP contribution in [0, 0.1) is 0 Å². The molecular weight excluding hydrogens is 208 g/mol. The summed E-state index contributed by atoms with van der Waals surface area (Å²) in [6.45, 7) is 1.74. The van der Waals surface area contributed by atoms with E-state index in [-0.39, 0.29) is 5.78 Å². The SMILES string of the molecule is CC1=NSCC1=O.O=S1C=CC=N1. The van der Waals surface area contributed by atoms with Gasteiger partial charge >= 0.3 is 0 Å². The number of hydrogen-bond donors (Lipinski definition) is 0. The Morgan fingerprint density at radius 3 is 2.54 bits per heavy atom. The zero-order chi connectivity index (χ0) is 9.68. The first-order chi connectivity index (χ1) is 6.20. The second-order valence-electron chi connectivity index (χ2n) is 2.23. The van der Waals surface area contributed by atoms with Crippen LogP contribution in [0.3, 0.4) is 0 Å². The van der Waals surface area contributed by atoms with Crippen molar-refractivity contribution in [3.05, 3.63) is 11.5 Å². The van der Waals surface area contributed by atoms with Crippen LogP contribution in [0.2, 0.25) is 0 Å². The molecule has 0 fully saturated rings. The van der Waals surface area contributed by atoms with Gasteiger partial charge in [0.1, 0.15) is 0 Å². The van der Waals surface area contributed by atoms with Crippen LogP contribution in [-0.2, 0) is 15.8 Å². The molecule has 0 N–H and O–H groups in total. The summed E-state index contributed by atoms with van der Waals surface area (Å²) in [6, 6.07) is 0. The summed E-state index contributed by atoms with van der Waals surface area (Å²) in [5.41, 5.74) is 0.657. The smallest absolute Gasteiger partial charge is 0.189 e. The molecule has 2 heterocycles. The number of Topliss-reactive ketones (excluding diaryl/α,β-unsaturated/α-hetero) is 1. The molecule has 13 heavy (non-hydrogen) atoms. The number of rotatable bonds is 0. The summed E-state index contributed by atoms with van der Waals surface area (Å²) in [6.07, 6.45) is 3.19. The molecule has 2 aliphatic heterocycles. The quantitative estimate of drug-likeness (QED) is 0.566. The largest absolute Gasteiger partial charge is 0.292 e. The molecule has 0 aromatic carbocycles. The minimum atomic E-state index is -1.03. The first kappa shape index (κ1) is 10.3. The predicted octanol–water partition coefficient (Wildman–Crippen LogP) is 0.926. The zero-order valence-corrected chi connectivity index (χ0v) is 8.60. The second-order valence-corrected chi connectivity index (χ2v) is 4.00. The Morgan fingerprint density at radius 1 is 1.62 bits per heavy atom. The Hall–Kier alpha value is -0.750. The van der Waals surface area contributed by atoms with Crippen LogP contribution in [0.1, 0.15) is 6.92 Å². The molecule has 2 aliphatic rings. The van der Waals surface area contributed by atoms with Crippen molar-refractivity contribution in [3.8, 4) is 0 Å². The van der Waals surface area contributed by atoms with Crippen molar-refractivity contribution in [2.45, 2.75) is 6.92 Å². The third kappa shape index (κ3) is 3.65. The first-order valence-corrected chi connectivity index (χ1v) is 5.62. The van der Waals surface area contributed by atoms with E-state index in [1.807, 2.05) is 0 Å². The summed E-state index contributed by atoms with van der Waals surface area (Å²) >= 11 is 1.33. The van der Waals surface area contributed by atoms with Gasteiger partial charge < -0.3 is 0 Å². The molecule has 6 heteroatoms. The molecule has 0 amide bonds. The molecule has 0 aliphatic carbocycles. The van der Waals surface area contributed by atoms with Gasteiger partial charge in [0.25, 0.3) is 0 Å². The molecule has 0 spiro atoms. The van der Waals surface area contributed by atoms with Gasteiger partial charge in [0, 0.05) is 11.6 Å². The Labute approximate surface area is 83.0 Å². The summed E-state index contributed by atoms with van der Waals surface area (Å²) in [5.74, 6) is 0.719. The van der Waals surface area contributed by atoms with Gasteiger partial charge in [0.2, 0.25) is 0 Å². The number of nitrogens with zero attached hydrogens (tertiary/aromatic N) is 2. The van der Waals surface area contributed by atoms with E-state index in [0.29, 0.717) is 11.5 Å². The van der Waals surface area contributed by atoms with Gasteiger partial charge in [-0.05, 0) is 24.9 Å². The lowest BCUT2D eigenvalue weighted by atomic mass is 10.3. The standard InChI is InChI=1S/C4H5NOS.C3H3NOS/c1-3-4(6)2-7-5-3;5-6-3-1-2-4-6/h2H2,1H3;1-3H. The van der Waals surface area contributed by atoms with E-state index < -0.39 is 11.0 Å². The highest BCUT2D eigenvalue weighted by Gasteiger charge is 2.11. The Balaban J connectivity index is 0.000000132. The highest BCUT2D eigenvalue weighted by molar-refractivity contribution is 7.99. The summed E-state index contributed by atoms with van der Waals surface area (Å²) in [5, 5.41) is 1.53. The fraction of sp³-hybridized carbons (Fsp3) is 0.286. The maximum Gasteiger partial charge on any atom is 0.189 e. The Bertz CT molecular complexity index is 306. The molecule has 0 bridgehead atoms. The maximum atomic E-state index is 10.4. The van der Waals surface area contributed by atoms with Crippen molar-refractivity contribution in [1.29, 1.82) is 0 Å². The van der Waals surface area contributed by atoms with E-state index >= 15 is 0 Å². The fourth-order valence-electron chi connectivity index (χ4n) is 0.576. The van der Waals surface area contributed by atoms with Crippen molar-refractivity contribution in [1.82, 2.24) is 0 Å². The first-order valence-electron chi connectivity index (χ1n) is 3.51. The van der Waals surface area contributed by atoms with Gasteiger partial charge in [-0.1, -0.05) is 0 Å². The van der Waals surface area contributed by atoms with Gasteiger partial charge in [-0.25, -0.2) is 8.61 Å². The summed E-state index contributed by atoms with van der Waals surface area (Å²) < 4.78 is 17.3. The lowest BCUT2D eigenvalue weighted by Gasteiger charge is -1.76. The molecule has 0 saturated heterocycles. The van der Waals surface area contributed by atoms with Crippen LogP contribution in [0.15, 0.2) is 20.3 Å². The van der Waals surface area contributed by atoms with E-state index in [0.717, 1.165) is 0 Å². The van der Waals surface area contributed by atoms with Gasteiger partial charge in [-0.3, -0.25) is 4.79 Å². The molecule has 4 nitrogen and oxygen atoms in total.